The fourth-order valence-corrected chi connectivity index (χ4v) is 2.45. The Morgan fingerprint density at radius 2 is 1.92 bits per heavy atom. The van der Waals surface area contributed by atoms with Crippen LogP contribution in [0.1, 0.15) is 30.5 Å². The molecule has 3 nitrogen and oxygen atoms in total. The number of para-hydroxylation sites is 1. The van der Waals surface area contributed by atoms with Crippen molar-refractivity contribution in [3.63, 3.8) is 0 Å². The second kappa shape index (κ2) is 8.38. The highest BCUT2D eigenvalue weighted by Crippen LogP contribution is 2.28. The number of rotatable bonds is 7. The average Bonchev–Trinajstić information content (AvgIpc) is 2.53. The molecule has 2 aromatic rings. The molecule has 1 amide bonds. The largest absolute Gasteiger partial charge is 0.434 e. The molecular weight excluding hydrogens is 319 g/mol. The molecule has 2 rings (SSSR count). The Morgan fingerprint density at radius 1 is 1.17 bits per heavy atom. The standard InChI is InChI=1S/C18H18F3NO2/c1-2-15(14-8-3-4-9-16(14)24-18(20)21)22-17(23)11-12-6-5-7-13(19)10-12/h3-10,15,18H,2,11H2,1H3,(H,22,23)/t15-/m0/s1. The van der Waals surface area contributed by atoms with E-state index >= 15 is 0 Å². The molecule has 0 aliphatic rings. The number of carbonyl (C=O) groups is 1. The van der Waals surface area contributed by atoms with Crippen LogP contribution in [0.3, 0.4) is 0 Å². The zero-order valence-corrected chi connectivity index (χ0v) is 13.1. The van der Waals surface area contributed by atoms with E-state index in [9.17, 15) is 18.0 Å². The molecule has 0 saturated heterocycles. The molecule has 0 spiro atoms. The van der Waals surface area contributed by atoms with Gasteiger partial charge in [0.1, 0.15) is 11.6 Å². The highest BCUT2D eigenvalue weighted by atomic mass is 19.3. The molecule has 1 N–H and O–H groups in total. The minimum atomic E-state index is -2.94. The van der Waals surface area contributed by atoms with Gasteiger partial charge in [-0.25, -0.2) is 4.39 Å². The molecule has 0 heterocycles. The maximum atomic E-state index is 13.2. The summed E-state index contributed by atoms with van der Waals surface area (Å²) in [6, 6.07) is 11.6. The Kier molecular flexibility index (Phi) is 6.23. The molecule has 1 atom stereocenters. The summed E-state index contributed by atoms with van der Waals surface area (Å²) in [5.41, 5.74) is 1.02. The van der Waals surface area contributed by atoms with E-state index in [2.05, 4.69) is 10.1 Å². The molecule has 24 heavy (non-hydrogen) atoms. The quantitative estimate of drug-likeness (QED) is 0.821. The van der Waals surface area contributed by atoms with Gasteiger partial charge in [-0.15, -0.1) is 0 Å². The van der Waals surface area contributed by atoms with Crippen molar-refractivity contribution in [3.8, 4) is 5.75 Å². The van der Waals surface area contributed by atoms with Gasteiger partial charge >= 0.3 is 6.61 Å². The third-order valence-corrected chi connectivity index (χ3v) is 3.51. The fraction of sp³-hybridized carbons (Fsp3) is 0.278. The predicted molar refractivity (Wildman–Crippen MR) is 84.4 cm³/mol. The number of ether oxygens (including phenoxy) is 1. The predicted octanol–water partition coefficient (Wildman–Crippen LogP) is 4.24. The van der Waals surface area contributed by atoms with Gasteiger partial charge in [-0.2, -0.15) is 8.78 Å². The Labute approximate surface area is 138 Å². The van der Waals surface area contributed by atoms with E-state index in [1.165, 1.54) is 24.3 Å². The molecule has 0 unspecified atom stereocenters. The van der Waals surface area contributed by atoms with Gasteiger partial charge in [-0.3, -0.25) is 4.79 Å². The first-order chi connectivity index (χ1) is 11.5. The molecule has 6 heteroatoms. The summed E-state index contributed by atoms with van der Waals surface area (Å²) in [5, 5.41) is 2.78. The lowest BCUT2D eigenvalue weighted by molar-refractivity contribution is -0.121. The normalized spacial score (nSPS) is 12.0. The Morgan fingerprint density at radius 3 is 2.58 bits per heavy atom. The van der Waals surface area contributed by atoms with Crippen molar-refractivity contribution in [1.29, 1.82) is 0 Å². The maximum absolute atomic E-state index is 13.2. The summed E-state index contributed by atoms with van der Waals surface area (Å²) in [4.78, 5) is 12.2. The van der Waals surface area contributed by atoms with E-state index in [-0.39, 0.29) is 18.1 Å². The van der Waals surface area contributed by atoms with Gasteiger partial charge in [0, 0.05) is 5.56 Å². The highest BCUT2D eigenvalue weighted by molar-refractivity contribution is 5.79. The zero-order valence-electron chi connectivity index (χ0n) is 13.1. The molecule has 0 aliphatic carbocycles. The fourth-order valence-electron chi connectivity index (χ4n) is 2.45. The molecule has 0 aliphatic heterocycles. The van der Waals surface area contributed by atoms with Crippen LogP contribution in [0.4, 0.5) is 13.2 Å². The molecule has 0 fully saturated rings. The Bertz CT molecular complexity index is 691. The van der Waals surface area contributed by atoms with Crippen LogP contribution in [0.5, 0.6) is 5.75 Å². The van der Waals surface area contributed by atoms with Crippen LogP contribution in [0.2, 0.25) is 0 Å². The van der Waals surface area contributed by atoms with Crippen molar-refractivity contribution < 1.29 is 22.7 Å². The third kappa shape index (κ3) is 5.01. The topological polar surface area (TPSA) is 38.3 Å². The van der Waals surface area contributed by atoms with Crippen molar-refractivity contribution in [2.75, 3.05) is 0 Å². The first kappa shape index (κ1) is 17.8. The van der Waals surface area contributed by atoms with Crippen molar-refractivity contribution >= 4 is 5.91 Å². The smallest absolute Gasteiger partial charge is 0.387 e. The SMILES string of the molecule is CC[C@H](NC(=O)Cc1cccc(F)c1)c1ccccc1OC(F)F. The van der Waals surface area contributed by atoms with Crippen molar-refractivity contribution in [3.05, 3.63) is 65.5 Å². The lowest BCUT2D eigenvalue weighted by atomic mass is 10.0. The molecule has 0 bridgehead atoms. The van der Waals surface area contributed by atoms with E-state index in [1.54, 1.807) is 24.3 Å². The van der Waals surface area contributed by atoms with Gasteiger partial charge in [0.05, 0.1) is 12.5 Å². The zero-order chi connectivity index (χ0) is 17.5. The van der Waals surface area contributed by atoms with Gasteiger partial charge in [0.25, 0.3) is 0 Å². The number of benzene rings is 2. The van der Waals surface area contributed by atoms with E-state index < -0.39 is 18.5 Å². The molecule has 128 valence electrons. The van der Waals surface area contributed by atoms with E-state index in [4.69, 9.17) is 0 Å². The highest BCUT2D eigenvalue weighted by Gasteiger charge is 2.18. The minimum Gasteiger partial charge on any atom is -0.434 e. The molecule has 2 aromatic carbocycles. The number of halogens is 3. The number of hydrogen-bond donors (Lipinski definition) is 1. The van der Waals surface area contributed by atoms with Gasteiger partial charge < -0.3 is 10.1 Å². The minimum absolute atomic E-state index is 0.00608. The van der Waals surface area contributed by atoms with Gasteiger partial charge in [0.2, 0.25) is 5.91 Å². The summed E-state index contributed by atoms with van der Waals surface area (Å²) in [6.45, 7) is -1.11. The Hall–Kier alpha value is -2.50. The summed E-state index contributed by atoms with van der Waals surface area (Å²) in [6.07, 6.45) is 0.505. The number of amides is 1. The van der Waals surface area contributed by atoms with Gasteiger partial charge in [-0.05, 0) is 30.2 Å². The van der Waals surface area contributed by atoms with Gasteiger partial charge in [-0.1, -0.05) is 37.3 Å². The van der Waals surface area contributed by atoms with Crippen molar-refractivity contribution in [1.82, 2.24) is 5.32 Å². The van der Waals surface area contributed by atoms with Crippen LogP contribution in [0.25, 0.3) is 0 Å². The first-order valence-corrected chi connectivity index (χ1v) is 7.57. The number of nitrogens with one attached hydrogen (secondary N) is 1. The summed E-state index contributed by atoms with van der Waals surface area (Å²) >= 11 is 0. The first-order valence-electron chi connectivity index (χ1n) is 7.57. The summed E-state index contributed by atoms with van der Waals surface area (Å²) in [5.74, 6) is -0.701. The maximum Gasteiger partial charge on any atom is 0.387 e. The van der Waals surface area contributed by atoms with Gasteiger partial charge in [0.15, 0.2) is 0 Å². The Balaban J connectivity index is 2.10. The van der Waals surface area contributed by atoms with Crippen LogP contribution in [-0.4, -0.2) is 12.5 Å². The van der Waals surface area contributed by atoms with E-state index in [0.29, 0.717) is 17.5 Å². The van der Waals surface area contributed by atoms with Crippen molar-refractivity contribution in [2.24, 2.45) is 0 Å². The molecule has 0 aromatic heterocycles. The van der Waals surface area contributed by atoms with E-state index in [1.807, 2.05) is 6.92 Å². The second-order valence-corrected chi connectivity index (χ2v) is 5.25. The lowest BCUT2D eigenvalue weighted by Crippen LogP contribution is -2.30. The molecule has 0 radical (unpaired) electrons. The van der Waals surface area contributed by atoms with Crippen LogP contribution < -0.4 is 10.1 Å². The monoisotopic (exact) mass is 337 g/mol. The van der Waals surface area contributed by atoms with Crippen LogP contribution in [-0.2, 0) is 11.2 Å². The van der Waals surface area contributed by atoms with Crippen LogP contribution in [0, 0.1) is 5.82 Å². The second-order valence-electron chi connectivity index (χ2n) is 5.25. The molecule has 0 saturated carbocycles. The van der Waals surface area contributed by atoms with Crippen LogP contribution in [0.15, 0.2) is 48.5 Å². The number of carbonyl (C=O) groups excluding carboxylic acids is 1. The number of alkyl halides is 2. The summed E-state index contributed by atoms with van der Waals surface area (Å²) < 4.78 is 42.7. The lowest BCUT2D eigenvalue weighted by Gasteiger charge is -2.20. The third-order valence-electron chi connectivity index (χ3n) is 3.51. The molecular formula is C18H18F3NO2. The van der Waals surface area contributed by atoms with Crippen LogP contribution >= 0.6 is 0 Å². The number of hydrogen-bond acceptors (Lipinski definition) is 2. The average molecular weight is 337 g/mol. The van der Waals surface area contributed by atoms with E-state index in [0.717, 1.165) is 0 Å². The summed E-state index contributed by atoms with van der Waals surface area (Å²) in [7, 11) is 0. The van der Waals surface area contributed by atoms with Crippen molar-refractivity contribution in [2.45, 2.75) is 32.4 Å².